The van der Waals surface area contributed by atoms with Gasteiger partial charge in [0.2, 0.25) is 5.76 Å². The van der Waals surface area contributed by atoms with Gasteiger partial charge in [0.1, 0.15) is 12.4 Å². The number of carbonyl (C=O) groups excluding carboxylic acids is 1. The maximum absolute atomic E-state index is 12.2. The van der Waals surface area contributed by atoms with Crippen molar-refractivity contribution in [3.63, 3.8) is 0 Å². The first-order valence-corrected chi connectivity index (χ1v) is 9.48. The van der Waals surface area contributed by atoms with Crippen LogP contribution in [0, 0.1) is 0 Å². The van der Waals surface area contributed by atoms with Gasteiger partial charge in [0, 0.05) is 4.47 Å². The number of carboxylic acids is 1. The van der Waals surface area contributed by atoms with E-state index in [0.29, 0.717) is 32.9 Å². The number of hydrazone groups is 1. The van der Waals surface area contributed by atoms with Gasteiger partial charge in [-0.2, -0.15) is 5.10 Å². The molecule has 2 aromatic carbocycles. The number of halogens is 1. The van der Waals surface area contributed by atoms with Crippen LogP contribution < -0.4 is 14.9 Å². The Bertz CT molecular complexity index is 1090. The lowest BCUT2D eigenvalue weighted by Gasteiger charge is -2.10. The van der Waals surface area contributed by atoms with Crippen molar-refractivity contribution in [3.05, 3.63) is 81.7 Å². The van der Waals surface area contributed by atoms with E-state index in [-0.39, 0.29) is 18.3 Å². The lowest BCUT2D eigenvalue weighted by atomic mass is 10.2. The summed E-state index contributed by atoms with van der Waals surface area (Å²) in [4.78, 5) is 23.0. The molecule has 0 fully saturated rings. The summed E-state index contributed by atoms with van der Waals surface area (Å²) in [7, 11) is 1.49. The van der Waals surface area contributed by atoms with Crippen molar-refractivity contribution in [1.82, 2.24) is 5.43 Å². The third kappa shape index (κ3) is 5.26. The van der Waals surface area contributed by atoms with E-state index in [9.17, 15) is 9.59 Å². The van der Waals surface area contributed by atoms with Crippen LogP contribution in [0.4, 0.5) is 0 Å². The fraction of sp³-hybridized carbons (Fsp3) is 0.0952. The largest absolute Gasteiger partial charge is 0.493 e. The van der Waals surface area contributed by atoms with Crippen LogP contribution in [0.3, 0.4) is 0 Å². The summed E-state index contributed by atoms with van der Waals surface area (Å²) in [6.45, 7) is 0.0408. The molecule has 0 spiro atoms. The zero-order chi connectivity index (χ0) is 21.5. The van der Waals surface area contributed by atoms with Crippen LogP contribution in [0.25, 0.3) is 0 Å². The number of amides is 1. The zero-order valence-corrected chi connectivity index (χ0v) is 17.4. The maximum Gasteiger partial charge on any atom is 0.371 e. The number of hydrogen-bond donors (Lipinski definition) is 2. The van der Waals surface area contributed by atoms with Crippen molar-refractivity contribution in [2.24, 2.45) is 5.10 Å². The Hall–Kier alpha value is -3.59. The van der Waals surface area contributed by atoms with Gasteiger partial charge in [-0.25, -0.2) is 10.2 Å². The normalized spacial score (nSPS) is 10.7. The minimum absolute atomic E-state index is 0.0408. The summed E-state index contributed by atoms with van der Waals surface area (Å²) >= 11 is 3.32. The number of furan rings is 1. The molecule has 30 heavy (non-hydrogen) atoms. The lowest BCUT2D eigenvalue weighted by molar-refractivity contribution is 0.0657. The Labute approximate surface area is 180 Å². The maximum atomic E-state index is 12.2. The van der Waals surface area contributed by atoms with Crippen LogP contribution in [0.1, 0.15) is 32.2 Å². The number of carboxylic acid groups (broad SMARTS) is 1. The molecule has 0 saturated heterocycles. The van der Waals surface area contributed by atoms with Gasteiger partial charge in [0.25, 0.3) is 5.91 Å². The third-order valence-corrected chi connectivity index (χ3v) is 4.62. The molecule has 1 amide bonds. The standard InChI is InChI=1S/C21H17BrN2O6/c1-28-19-10-13(11-23-24-20(25)15-4-2-3-5-16(15)22)6-8-17(19)29-12-14-7-9-18(30-14)21(26)27/h2-11H,12H2,1H3,(H,24,25)(H,26,27). The third-order valence-electron chi connectivity index (χ3n) is 3.93. The summed E-state index contributed by atoms with van der Waals surface area (Å²) in [5.41, 5.74) is 3.62. The number of nitrogens with zero attached hydrogens (tertiary/aromatic N) is 1. The average Bonchev–Trinajstić information content (AvgIpc) is 3.22. The number of nitrogens with one attached hydrogen (secondary N) is 1. The first-order chi connectivity index (χ1) is 14.5. The fourth-order valence-electron chi connectivity index (χ4n) is 2.47. The zero-order valence-electron chi connectivity index (χ0n) is 15.8. The van der Waals surface area contributed by atoms with E-state index in [1.54, 1.807) is 36.4 Å². The molecule has 0 radical (unpaired) electrons. The molecule has 0 aliphatic heterocycles. The van der Waals surface area contributed by atoms with Crippen molar-refractivity contribution < 1.29 is 28.6 Å². The van der Waals surface area contributed by atoms with Crippen LogP contribution in [0.5, 0.6) is 11.5 Å². The van der Waals surface area contributed by atoms with Crippen LogP contribution in [-0.2, 0) is 6.61 Å². The van der Waals surface area contributed by atoms with E-state index in [4.69, 9.17) is 19.0 Å². The summed E-state index contributed by atoms with van der Waals surface area (Å²) < 4.78 is 16.8. The Morgan fingerprint density at radius 2 is 1.97 bits per heavy atom. The smallest absolute Gasteiger partial charge is 0.371 e. The van der Waals surface area contributed by atoms with E-state index in [2.05, 4.69) is 26.5 Å². The van der Waals surface area contributed by atoms with Gasteiger partial charge in [0.05, 0.1) is 18.9 Å². The lowest BCUT2D eigenvalue weighted by Crippen LogP contribution is -2.18. The second-order valence-corrected chi connectivity index (χ2v) is 6.80. The second-order valence-electron chi connectivity index (χ2n) is 5.95. The highest BCUT2D eigenvalue weighted by Crippen LogP contribution is 2.28. The van der Waals surface area contributed by atoms with Crippen molar-refractivity contribution in [2.45, 2.75) is 6.61 Å². The molecular weight excluding hydrogens is 456 g/mol. The Morgan fingerprint density at radius 1 is 1.17 bits per heavy atom. The summed E-state index contributed by atoms with van der Waals surface area (Å²) in [6.07, 6.45) is 1.48. The molecule has 0 aliphatic rings. The molecule has 8 nitrogen and oxygen atoms in total. The van der Waals surface area contributed by atoms with E-state index < -0.39 is 5.97 Å². The Balaban J connectivity index is 1.63. The molecule has 0 bridgehead atoms. The van der Waals surface area contributed by atoms with Crippen molar-refractivity contribution >= 4 is 34.0 Å². The summed E-state index contributed by atoms with van der Waals surface area (Å²) in [5.74, 6) is -0.383. The van der Waals surface area contributed by atoms with E-state index in [1.165, 1.54) is 25.5 Å². The topological polar surface area (TPSA) is 110 Å². The summed E-state index contributed by atoms with van der Waals surface area (Å²) in [5, 5.41) is 12.8. The average molecular weight is 473 g/mol. The van der Waals surface area contributed by atoms with Crippen molar-refractivity contribution in [2.75, 3.05) is 7.11 Å². The molecule has 1 heterocycles. The van der Waals surface area contributed by atoms with E-state index in [0.717, 1.165) is 0 Å². The summed E-state index contributed by atoms with van der Waals surface area (Å²) in [6, 6.07) is 15.0. The van der Waals surface area contributed by atoms with Gasteiger partial charge in [-0.1, -0.05) is 12.1 Å². The van der Waals surface area contributed by atoms with Crippen molar-refractivity contribution in [1.29, 1.82) is 0 Å². The van der Waals surface area contributed by atoms with Crippen molar-refractivity contribution in [3.8, 4) is 11.5 Å². The number of carbonyl (C=O) groups is 2. The van der Waals surface area contributed by atoms with Gasteiger partial charge >= 0.3 is 5.97 Å². The number of methoxy groups -OCH3 is 1. The fourth-order valence-corrected chi connectivity index (χ4v) is 2.94. The molecule has 0 unspecified atom stereocenters. The van der Waals surface area contributed by atoms with Gasteiger partial charge in [-0.3, -0.25) is 4.79 Å². The van der Waals surface area contributed by atoms with Crippen LogP contribution in [-0.4, -0.2) is 30.3 Å². The highest BCUT2D eigenvalue weighted by Gasteiger charge is 2.11. The predicted octanol–water partition coefficient (Wildman–Crippen LogP) is 4.09. The molecule has 1 aromatic heterocycles. The first kappa shape index (κ1) is 21.1. The van der Waals surface area contributed by atoms with Gasteiger partial charge in [-0.15, -0.1) is 0 Å². The number of ether oxygens (including phenoxy) is 2. The molecule has 0 aliphatic carbocycles. The molecule has 3 rings (SSSR count). The molecule has 0 saturated carbocycles. The van der Waals surface area contributed by atoms with Crippen LogP contribution >= 0.6 is 15.9 Å². The minimum atomic E-state index is -1.14. The number of rotatable bonds is 8. The molecular formula is C21H17BrN2O6. The SMILES string of the molecule is COc1cc(C=NNC(=O)c2ccccc2Br)ccc1OCc1ccc(C(=O)O)o1. The number of hydrogen-bond acceptors (Lipinski definition) is 6. The predicted molar refractivity (Wildman–Crippen MR) is 112 cm³/mol. The number of benzene rings is 2. The van der Waals surface area contributed by atoms with Crippen LogP contribution in [0.2, 0.25) is 0 Å². The van der Waals surface area contributed by atoms with Gasteiger partial charge < -0.3 is 19.0 Å². The second kappa shape index (κ2) is 9.75. The molecule has 2 N–H and O–H groups in total. The van der Waals surface area contributed by atoms with Gasteiger partial charge in [-0.05, 0) is 64.0 Å². The molecule has 0 atom stereocenters. The molecule has 9 heteroatoms. The van der Waals surface area contributed by atoms with E-state index in [1.807, 2.05) is 6.07 Å². The monoisotopic (exact) mass is 472 g/mol. The quantitative estimate of drug-likeness (QED) is 0.377. The van der Waals surface area contributed by atoms with Gasteiger partial charge in [0.15, 0.2) is 11.5 Å². The molecule has 3 aromatic rings. The number of aromatic carboxylic acids is 1. The Morgan fingerprint density at radius 3 is 2.67 bits per heavy atom. The minimum Gasteiger partial charge on any atom is -0.493 e. The van der Waals surface area contributed by atoms with Crippen LogP contribution in [0.15, 0.2) is 68.6 Å². The Kier molecular flexibility index (Phi) is 6.87. The van der Waals surface area contributed by atoms with E-state index >= 15 is 0 Å². The first-order valence-electron chi connectivity index (χ1n) is 8.68. The highest BCUT2D eigenvalue weighted by atomic mass is 79.9. The highest BCUT2D eigenvalue weighted by molar-refractivity contribution is 9.10. The molecule has 154 valence electrons.